The Morgan fingerprint density at radius 1 is 1.32 bits per heavy atom. The Bertz CT molecular complexity index is 988. The van der Waals surface area contributed by atoms with E-state index in [0.29, 0.717) is 4.88 Å². The molecule has 7 heteroatoms. The number of aromatic nitrogens is 1. The maximum atomic E-state index is 12.6. The van der Waals surface area contributed by atoms with Crippen LogP contribution in [0.15, 0.2) is 53.0 Å². The summed E-state index contributed by atoms with van der Waals surface area (Å²) < 4.78 is 6.06. The molecule has 2 aromatic carbocycles. The van der Waals surface area contributed by atoms with Gasteiger partial charge < -0.3 is 10.1 Å². The fraction of sp³-hybridized carbons (Fsp3) is 0.238. The maximum absolute atomic E-state index is 12.6. The first kappa shape index (κ1) is 19.3. The number of thioether (sulfide) groups is 1. The molecule has 0 saturated carbocycles. The molecule has 4 nitrogen and oxygen atoms in total. The highest BCUT2D eigenvalue weighted by atomic mass is 35.5. The largest absolute Gasteiger partial charge is 0.497 e. The monoisotopic (exact) mass is 430 g/mol. The van der Waals surface area contributed by atoms with Crippen molar-refractivity contribution in [2.45, 2.75) is 29.0 Å². The number of amides is 1. The lowest BCUT2D eigenvalue weighted by atomic mass is 10.1. The third-order valence-corrected chi connectivity index (χ3v) is 7.18. The average molecular weight is 431 g/mol. The number of rotatable bonds is 6. The third-order valence-electron chi connectivity index (χ3n) is 4.72. The van der Waals surface area contributed by atoms with E-state index in [4.69, 9.17) is 16.3 Å². The minimum Gasteiger partial charge on any atom is -0.497 e. The Kier molecular flexibility index (Phi) is 5.90. The van der Waals surface area contributed by atoms with Gasteiger partial charge in [-0.2, -0.15) is 0 Å². The summed E-state index contributed by atoms with van der Waals surface area (Å²) >= 11 is 9.12. The fourth-order valence-corrected chi connectivity index (χ4v) is 5.30. The molecule has 3 aromatic rings. The number of fused-ring (bicyclic) bond motifs is 1. The van der Waals surface area contributed by atoms with E-state index >= 15 is 0 Å². The lowest BCUT2D eigenvalue weighted by Gasteiger charge is -2.13. The number of aryl methyl sites for hydroxylation is 1. The predicted octanol–water partition coefficient (Wildman–Crippen LogP) is 5.51. The van der Waals surface area contributed by atoms with Gasteiger partial charge in [-0.3, -0.25) is 4.79 Å². The highest BCUT2D eigenvalue weighted by molar-refractivity contribution is 8.00. The summed E-state index contributed by atoms with van der Waals surface area (Å²) in [7, 11) is 1.66. The third kappa shape index (κ3) is 4.35. The molecule has 1 atom stereocenters. The van der Waals surface area contributed by atoms with E-state index in [1.165, 1.54) is 22.5 Å². The molecule has 0 fully saturated rings. The van der Waals surface area contributed by atoms with Crippen LogP contribution >= 0.6 is 34.7 Å². The first-order chi connectivity index (χ1) is 13.6. The standard InChI is InChI=1S/C21H19ClN2O2S2/c1-26-16-6-2-13(3-7-16)12-27-21-23-11-19(28-21)20(25)24-18-9-4-14-10-15(22)5-8-17(14)18/h2-3,5-8,10-11,18H,4,9,12H2,1H3,(H,24,25)/t18-/m1/s1. The highest BCUT2D eigenvalue weighted by Gasteiger charge is 2.25. The first-order valence-corrected chi connectivity index (χ1v) is 11.1. The minimum atomic E-state index is -0.0680. The van der Waals surface area contributed by atoms with Crippen molar-refractivity contribution in [3.8, 4) is 5.75 Å². The molecular formula is C21H19ClN2O2S2. The van der Waals surface area contributed by atoms with E-state index < -0.39 is 0 Å². The van der Waals surface area contributed by atoms with Crippen LogP contribution in [0, 0.1) is 0 Å². The number of benzene rings is 2. The summed E-state index contributed by atoms with van der Waals surface area (Å²) in [6.45, 7) is 0. The van der Waals surface area contributed by atoms with Crippen molar-refractivity contribution in [2.24, 2.45) is 0 Å². The first-order valence-electron chi connectivity index (χ1n) is 8.93. The normalized spacial score (nSPS) is 15.3. The molecule has 28 heavy (non-hydrogen) atoms. The predicted molar refractivity (Wildman–Crippen MR) is 115 cm³/mol. The van der Waals surface area contributed by atoms with E-state index in [0.717, 1.165) is 39.3 Å². The molecule has 1 aromatic heterocycles. The van der Waals surface area contributed by atoms with Crippen LogP contribution in [0.1, 0.15) is 38.8 Å². The molecule has 0 bridgehead atoms. The number of carbonyl (C=O) groups is 1. The zero-order valence-corrected chi connectivity index (χ0v) is 17.7. The second-order valence-electron chi connectivity index (χ2n) is 6.54. The van der Waals surface area contributed by atoms with Gasteiger partial charge in [-0.1, -0.05) is 41.6 Å². The van der Waals surface area contributed by atoms with Gasteiger partial charge in [0, 0.05) is 10.8 Å². The smallest absolute Gasteiger partial charge is 0.263 e. The molecule has 0 aliphatic heterocycles. The van der Waals surface area contributed by atoms with Gasteiger partial charge in [0.1, 0.15) is 10.6 Å². The number of thiazole rings is 1. The van der Waals surface area contributed by atoms with E-state index in [9.17, 15) is 4.79 Å². The van der Waals surface area contributed by atoms with Crippen molar-refractivity contribution in [1.29, 1.82) is 0 Å². The topological polar surface area (TPSA) is 51.2 Å². The Morgan fingerprint density at radius 2 is 2.14 bits per heavy atom. The summed E-state index contributed by atoms with van der Waals surface area (Å²) in [5.41, 5.74) is 3.57. The molecule has 1 heterocycles. The zero-order chi connectivity index (χ0) is 19.5. The van der Waals surface area contributed by atoms with Gasteiger partial charge >= 0.3 is 0 Å². The molecule has 144 valence electrons. The molecule has 4 rings (SSSR count). The van der Waals surface area contributed by atoms with Crippen LogP contribution in [-0.2, 0) is 12.2 Å². The van der Waals surface area contributed by atoms with Crippen molar-refractivity contribution < 1.29 is 9.53 Å². The second-order valence-corrected chi connectivity index (χ2v) is 9.22. The average Bonchev–Trinajstić information content (AvgIpc) is 3.34. The maximum Gasteiger partial charge on any atom is 0.263 e. The number of nitrogens with one attached hydrogen (secondary N) is 1. The SMILES string of the molecule is COc1ccc(CSc2ncc(C(=O)N[C@@H]3CCc4cc(Cl)ccc43)s2)cc1. The van der Waals surface area contributed by atoms with Crippen LogP contribution in [0.2, 0.25) is 5.02 Å². The van der Waals surface area contributed by atoms with Gasteiger partial charge in [0.2, 0.25) is 0 Å². The number of halogens is 1. The van der Waals surface area contributed by atoms with Gasteiger partial charge in [-0.05, 0) is 53.8 Å². The molecule has 0 saturated heterocycles. The van der Waals surface area contributed by atoms with Gasteiger partial charge in [0.15, 0.2) is 4.34 Å². The molecule has 1 amide bonds. The summed E-state index contributed by atoms with van der Waals surface area (Å²) in [6.07, 6.45) is 3.50. The van der Waals surface area contributed by atoms with E-state index in [-0.39, 0.29) is 11.9 Å². The Morgan fingerprint density at radius 3 is 2.93 bits per heavy atom. The van der Waals surface area contributed by atoms with E-state index in [1.807, 2.05) is 42.5 Å². The van der Waals surface area contributed by atoms with Crippen molar-refractivity contribution >= 4 is 40.6 Å². The number of methoxy groups -OCH3 is 1. The molecule has 0 unspecified atom stereocenters. The summed E-state index contributed by atoms with van der Waals surface area (Å²) in [5, 5.41) is 3.88. The van der Waals surface area contributed by atoms with Crippen molar-refractivity contribution in [1.82, 2.24) is 10.3 Å². The summed E-state index contributed by atoms with van der Waals surface area (Å²) in [4.78, 5) is 17.7. The van der Waals surface area contributed by atoms with Crippen LogP contribution in [0.5, 0.6) is 5.75 Å². The quantitative estimate of drug-likeness (QED) is 0.523. The summed E-state index contributed by atoms with van der Waals surface area (Å²) in [5.74, 6) is 1.58. The Hall–Kier alpha value is -2.02. The number of ether oxygens (including phenoxy) is 1. The van der Waals surface area contributed by atoms with Gasteiger partial charge in [0.25, 0.3) is 5.91 Å². The molecule has 1 aliphatic rings. The van der Waals surface area contributed by atoms with Crippen molar-refractivity contribution in [3.63, 3.8) is 0 Å². The molecule has 1 aliphatic carbocycles. The van der Waals surface area contributed by atoms with Crippen molar-refractivity contribution in [3.05, 3.63) is 75.3 Å². The van der Waals surface area contributed by atoms with Crippen LogP contribution in [0.3, 0.4) is 0 Å². The van der Waals surface area contributed by atoms with E-state index in [1.54, 1.807) is 25.1 Å². The Labute approximate surface area is 177 Å². The van der Waals surface area contributed by atoms with E-state index in [2.05, 4.69) is 10.3 Å². The number of nitrogens with zero attached hydrogens (tertiary/aromatic N) is 1. The fourth-order valence-electron chi connectivity index (χ4n) is 3.26. The van der Waals surface area contributed by atoms with Crippen LogP contribution in [-0.4, -0.2) is 18.0 Å². The van der Waals surface area contributed by atoms with Crippen LogP contribution in [0.4, 0.5) is 0 Å². The lowest BCUT2D eigenvalue weighted by molar-refractivity contribution is 0.0940. The van der Waals surface area contributed by atoms with Crippen molar-refractivity contribution in [2.75, 3.05) is 7.11 Å². The Balaban J connectivity index is 1.35. The van der Waals surface area contributed by atoms with Gasteiger partial charge in [-0.25, -0.2) is 4.98 Å². The number of carbonyl (C=O) groups excluding carboxylic acids is 1. The van der Waals surface area contributed by atoms with Gasteiger partial charge in [0.05, 0.1) is 19.3 Å². The molecule has 0 radical (unpaired) electrons. The lowest BCUT2D eigenvalue weighted by Crippen LogP contribution is -2.26. The number of hydrogen-bond donors (Lipinski definition) is 1. The van der Waals surface area contributed by atoms with Gasteiger partial charge in [-0.15, -0.1) is 11.3 Å². The second kappa shape index (κ2) is 8.55. The number of hydrogen-bond acceptors (Lipinski definition) is 5. The molecule has 0 spiro atoms. The molecular weight excluding hydrogens is 412 g/mol. The summed E-state index contributed by atoms with van der Waals surface area (Å²) in [6, 6.07) is 13.9. The zero-order valence-electron chi connectivity index (χ0n) is 15.3. The van der Waals surface area contributed by atoms with Crippen LogP contribution < -0.4 is 10.1 Å². The molecule has 1 N–H and O–H groups in total. The highest BCUT2D eigenvalue weighted by Crippen LogP contribution is 2.34. The van der Waals surface area contributed by atoms with Crippen LogP contribution in [0.25, 0.3) is 0 Å². The minimum absolute atomic E-state index is 0.0391.